The van der Waals surface area contributed by atoms with Crippen molar-refractivity contribution in [1.82, 2.24) is 0 Å². The van der Waals surface area contributed by atoms with Gasteiger partial charge < -0.3 is 14.2 Å². The smallest absolute Gasteiger partial charge is 0.330 e. The van der Waals surface area contributed by atoms with Crippen LogP contribution in [0.1, 0.15) is 58.3 Å². The zero-order valence-corrected chi connectivity index (χ0v) is 18.8. The first-order valence-electron chi connectivity index (χ1n) is 11.5. The van der Waals surface area contributed by atoms with Crippen LogP contribution in [0.2, 0.25) is 0 Å². The van der Waals surface area contributed by atoms with Gasteiger partial charge in [0.05, 0.1) is 19.8 Å². The standard InChI is InChI=1S/C27H36O4/c1-3-5-6-7-8-12-19-29-24-17-18-25(23-15-10-9-11-16-23)26(22-24)30-20-13-14-21-31-27(28)4-2/h4,9-11,15-18,22H,2-3,5-8,12-14,19-21H2,1H3. The molecule has 0 radical (unpaired) electrons. The lowest BCUT2D eigenvalue weighted by molar-refractivity contribution is -0.137. The van der Waals surface area contributed by atoms with Crippen molar-refractivity contribution in [3.8, 4) is 22.6 Å². The normalized spacial score (nSPS) is 10.5. The van der Waals surface area contributed by atoms with E-state index in [-0.39, 0.29) is 5.97 Å². The van der Waals surface area contributed by atoms with E-state index in [9.17, 15) is 4.79 Å². The van der Waals surface area contributed by atoms with Crippen LogP contribution in [0.3, 0.4) is 0 Å². The van der Waals surface area contributed by atoms with E-state index >= 15 is 0 Å². The summed E-state index contributed by atoms with van der Waals surface area (Å²) in [5.41, 5.74) is 2.16. The van der Waals surface area contributed by atoms with Gasteiger partial charge in [0.15, 0.2) is 0 Å². The third-order valence-electron chi connectivity index (χ3n) is 5.01. The fourth-order valence-corrected chi connectivity index (χ4v) is 3.26. The molecule has 4 heteroatoms. The highest BCUT2D eigenvalue weighted by atomic mass is 16.5. The Balaban J connectivity index is 1.89. The Kier molecular flexibility index (Phi) is 12.0. The van der Waals surface area contributed by atoms with Crippen LogP contribution in [-0.4, -0.2) is 25.8 Å². The van der Waals surface area contributed by atoms with Crippen molar-refractivity contribution >= 4 is 5.97 Å². The summed E-state index contributed by atoms with van der Waals surface area (Å²) in [4.78, 5) is 11.1. The molecule has 2 aromatic rings. The molecule has 0 spiro atoms. The Morgan fingerprint density at radius 3 is 2.29 bits per heavy atom. The second-order valence-corrected chi connectivity index (χ2v) is 7.57. The van der Waals surface area contributed by atoms with Gasteiger partial charge in [-0.05, 0) is 37.0 Å². The minimum atomic E-state index is -0.387. The number of hydrogen-bond donors (Lipinski definition) is 0. The molecule has 4 nitrogen and oxygen atoms in total. The van der Waals surface area contributed by atoms with Crippen LogP contribution in [0.5, 0.6) is 11.5 Å². The summed E-state index contributed by atoms with van der Waals surface area (Å²) in [6, 6.07) is 16.3. The maximum absolute atomic E-state index is 11.1. The molecule has 2 aromatic carbocycles. The average Bonchev–Trinajstić information content (AvgIpc) is 2.81. The Bertz CT molecular complexity index is 770. The monoisotopic (exact) mass is 424 g/mol. The van der Waals surface area contributed by atoms with E-state index in [0.717, 1.165) is 48.5 Å². The maximum Gasteiger partial charge on any atom is 0.330 e. The molecule has 0 saturated carbocycles. The van der Waals surface area contributed by atoms with E-state index in [0.29, 0.717) is 13.2 Å². The molecular weight excluding hydrogens is 388 g/mol. The lowest BCUT2D eigenvalue weighted by atomic mass is 10.0. The molecule has 0 aliphatic rings. The van der Waals surface area contributed by atoms with Gasteiger partial charge in [0.1, 0.15) is 11.5 Å². The summed E-state index contributed by atoms with van der Waals surface area (Å²) < 4.78 is 17.1. The first-order valence-corrected chi connectivity index (χ1v) is 11.5. The molecule has 0 aromatic heterocycles. The zero-order valence-electron chi connectivity index (χ0n) is 18.8. The Hall–Kier alpha value is -2.75. The van der Waals surface area contributed by atoms with Crippen LogP contribution in [0.25, 0.3) is 11.1 Å². The van der Waals surface area contributed by atoms with Gasteiger partial charge in [-0.1, -0.05) is 75.9 Å². The van der Waals surface area contributed by atoms with E-state index in [1.54, 1.807) is 0 Å². The molecule has 0 heterocycles. The van der Waals surface area contributed by atoms with Crippen molar-refractivity contribution in [1.29, 1.82) is 0 Å². The fraction of sp³-hybridized carbons (Fsp3) is 0.444. The lowest BCUT2D eigenvalue weighted by Crippen LogP contribution is -2.05. The largest absolute Gasteiger partial charge is 0.493 e. The highest BCUT2D eigenvalue weighted by molar-refractivity contribution is 5.81. The molecule has 168 valence electrons. The Labute approximate surface area is 187 Å². The molecule has 0 fully saturated rings. The molecular formula is C27H36O4. The highest BCUT2D eigenvalue weighted by Gasteiger charge is 2.09. The van der Waals surface area contributed by atoms with Gasteiger partial charge in [-0.25, -0.2) is 4.79 Å². The van der Waals surface area contributed by atoms with Crippen molar-refractivity contribution in [2.45, 2.75) is 58.3 Å². The topological polar surface area (TPSA) is 44.8 Å². The third kappa shape index (κ3) is 9.73. The third-order valence-corrected chi connectivity index (χ3v) is 5.01. The predicted molar refractivity (Wildman–Crippen MR) is 127 cm³/mol. The van der Waals surface area contributed by atoms with Crippen molar-refractivity contribution in [2.75, 3.05) is 19.8 Å². The Morgan fingerprint density at radius 1 is 0.839 bits per heavy atom. The van der Waals surface area contributed by atoms with Crippen molar-refractivity contribution < 1.29 is 19.0 Å². The molecule has 2 rings (SSSR count). The van der Waals surface area contributed by atoms with Crippen LogP contribution in [0.4, 0.5) is 0 Å². The molecule has 0 N–H and O–H groups in total. The second-order valence-electron chi connectivity index (χ2n) is 7.57. The molecule has 0 aliphatic carbocycles. The second kappa shape index (κ2) is 15.1. The molecule has 0 aliphatic heterocycles. The summed E-state index contributed by atoms with van der Waals surface area (Å²) in [5, 5.41) is 0. The molecule has 0 atom stereocenters. The first kappa shape index (κ1) is 24.5. The summed E-state index contributed by atoms with van der Waals surface area (Å²) >= 11 is 0. The van der Waals surface area contributed by atoms with Crippen molar-refractivity contribution in [3.05, 3.63) is 61.2 Å². The van der Waals surface area contributed by atoms with E-state index in [1.807, 2.05) is 30.3 Å². The molecule has 0 amide bonds. The number of unbranched alkanes of at least 4 members (excludes halogenated alkanes) is 6. The van der Waals surface area contributed by atoms with Crippen molar-refractivity contribution in [3.63, 3.8) is 0 Å². The van der Waals surface area contributed by atoms with Gasteiger partial charge in [0, 0.05) is 17.7 Å². The number of hydrogen-bond acceptors (Lipinski definition) is 4. The van der Waals surface area contributed by atoms with E-state index in [4.69, 9.17) is 14.2 Å². The average molecular weight is 425 g/mol. The number of carbonyl (C=O) groups is 1. The number of esters is 1. The molecule has 0 saturated heterocycles. The van der Waals surface area contributed by atoms with E-state index in [1.165, 1.54) is 38.2 Å². The number of benzene rings is 2. The van der Waals surface area contributed by atoms with Gasteiger partial charge in [-0.3, -0.25) is 0 Å². The van der Waals surface area contributed by atoms with E-state index in [2.05, 4.69) is 31.7 Å². The number of rotatable bonds is 16. The van der Waals surface area contributed by atoms with Gasteiger partial charge in [-0.15, -0.1) is 0 Å². The van der Waals surface area contributed by atoms with Gasteiger partial charge in [-0.2, -0.15) is 0 Å². The predicted octanol–water partition coefficient (Wildman–Crippen LogP) is 6.98. The van der Waals surface area contributed by atoms with Crippen molar-refractivity contribution in [2.24, 2.45) is 0 Å². The van der Waals surface area contributed by atoms with Crippen LogP contribution in [-0.2, 0) is 9.53 Å². The lowest BCUT2D eigenvalue weighted by Gasteiger charge is -2.14. The van der Waals surface area contributed by atoms with Gasteiger partial charge in [0.25, 0.3) is 0 Å². The molecule has 31 heavy (non-hydrogen) atoms. The van der Waals surface area contributed by atoms with Gasteiger partial charge >= 0.3 is 5.97 Å². The molecule has 0 bridgehead atoms. The molecule has 0 unspecified atom stereocenters. The summed E-state index contributed by atoms with van der Waals surface area (Å²) in [5.74, 6) is 1.26. The fourth-order valence-electron chi connectivity index (χ4n) is 3.26. The minimum Gasteiger partial charge on any atom is -0.493 e. The van der Waals surface area contributed by atoms with Crippen LogP contribution < -0.4 is 9.47 Å². The van der Waals surface area contributed by atoms with Gasteiger partial charge in [0.2, 0.25) is 0 Å². The SMILES string of the molecule is C=CC(=O)OCCCCOc1cc(OCCCCCCCC)ccc1-c1ccccc1. The van der Waals surface area contributed by atoms with Crippen LogP contribution in [0, 0.1) is 0 Å². The zero-order chi connectivity index (χ0) is 22.2. The highest BCUT2D eigenvalue weighted by Crippen LogP contribution is 2.33. The summed E-state index contributed by atoms with van der Waals surface area (Å²) in [6.07, 6.45) is 10.2. The number of carbonyl (C=O) groups excluding carboxylic acids is 1. The minimum absolute atomic E-state index is 0.376. The quantitative estimate of drug-likeness (QED) is 0.166. The van der Waals surface area contributed by atoms with Crippen LogP contribution in [0.15, 0.2) is 61.2 Å². The van der Waals surface area contributed by atoms with Crippen LogP contribution >= 0.6 is 0 Å². The summed E-state index contributed by atoms with van der Waals surface area (Å²) in [6.45, 7) is 7.28. The Morgan fingerprint density at radius 2 is 1.52 bits per heavy atom. The number of ether oxygens (including phenoxy) is 3. The van der Waals surface area contributed by atoms with E-state index < -0.39 is 0 Å². The maximum atomic E-state index is 11.1. The summed E-state index contributed by atoms with van der Waals surface area (Å²) in [7, 11) is 0. The first-order chi connectivity index (χ1) is 15.2.